The van der Waals surface area contributed by atoms with Crippen molar-refractivity contribution in [3.8, 4) is 11.3 Å². The first-order valence-electron chi connectivity index (χ1n) is 7.08. The summed E-state index contributed by atoms with van der Waals surface area (Å²) in [5, 5.41) is 9.26. The minimum absolute atomic E-state index is 0.116. The molecule has 0 bridgehead atoms. The highest BCUT2D eigenvalue weighted by Gasteiger charge is 2.28. The van der Waals surface area contributed by atoms with Gasteiger partial charge in [0.05, 0.1) is 6.54 Å². The van der Waals surface area contributed by atoms with Gasteiger partial charge in [0.25, 0.3) is 0 Å². The number of nitrogens with one attached hydrogen (secondary N) is 2. The van der Waals surface area contributed by atoms with Gasteiger partial charge >= 0.3 is 6.03 Å². The largest absolute Gasteiger partial charge is 0.359 e. The number of rotatable bonds is 5. The molecule has 24 heavy (non-hydrogen) atoms. The van der Waals surface area contributed by atoms with Gasteiger partial charge in [0, 0.05) is 16.7 Å². The SMILES string of the molecule is O=C(CN1CC(=O)NC1=O)NCc1cc(-c2ccc(Cl)cc2)no1. The van der Waals surface area contributed by atoms with Crippen LogP contribution in [-0.2, 0) is 16.1 Å². The molecular weight excluding hydrogens is 336 g/mol. The lowest BCUT2D eigenvalue weighted by Crippen LogP contribution is -2.38. The number of aromatic nitrogens is 1. The van der Waals surface area contributed by atoms with Crippen molar-refractivity contribution in [3.63, 3.8) is 0 Å². The molecule has 3 rings (SSSR count). The van der Waals surface area contributed by atoms with Crippen molar-refractivity contribution in [1.29, 1.82) is 0 Å². The van der Waals surface area contributed by atoms with E-state index in [2.05, 4.69) is 15.8 Å². The lowest BCUT2D eigenvalue weighted by atomic mass is 10.1. The zero-order valence-electron chi connectivity index (χ0n) is 12.4. The average molecular weight is 349 g/mol. The average Bonchev–Trinajstić information content (AvgIpc) is 3.13. The lowest BCUT2D eigenvalue weighted by molar-refractivity contribution is -0.122. The highest BCUT2D eigenvalue weighted by molar-refractivity contribution is 6.30. The van der Waals surface area contributed by atoms with Gasteiger partial charge in [0.1, 0.15) is 18.8 Å². The van der Waals surface area contributed by atoms with E-state index in [-0.39, 0.29) is 19.6 Å². The number of hydrogen-bond donors (Lipinski definition) is 2. The van der Waals surface area contributed by atoms with Gasteiger partial charge in [-0.3, -0.25) is 14.9 Å². The first kappa shape index (κ1) is 16.0. The highest BCUT2D eigenvalue weighted by atomic mass is 35.5. The summed E-state index contributed by atoms with van der Waals surface area (Å²) in [6.45, 7) is -0.187. The lowest BCUT2D eigenvalue weighted by Gasteiger charge is -2.11. The Labute approximate surface area is 141 Å². The standard InChI is InChI=1S/C15H13ClN4O4/c16-10-3-1-9(2-4-10)12-5-11(24-19-12)6-17-13(21)7-20-8-14(22)18-15(20)23/h1-5H,6-8H2,(H,17,21)(H,18,22,23). The fourth-order valence-electron chi connectivity index (χ4n) is 2.18. The molecule has 4 amide bonds. The van der Waals surface area contributed by atoms with Crippen LogP contribution in [0.5, 0.6) is 0 Å². The topological polar surface area (TPSA) is 105 Å². The van der Waals surface area contributed by atoms with Gasteiger partial charge in [0.2, 0.25) is 11.8 Å². The monoisotopic (exact) mass is 348 g/mol. The molecule has 1 saturated heterocycles. The predicted molar refractivity (Wildman–Crippen MR) is 83.9 cm³/mol. The van der Waals surface area contributed by atoms with E-state index in [0.717, 1.165) is 10.5 Å². The first-order chi connectivity index (χ1) is 11.5. The summed E-state index contributed by atoms with van der Waals surface area (Å²) in [5.41, 5.74) is 1.47. The quantitative estimate of drug-likeness (QED) is 0.789. The summed E-state index contributed by atoms with van der Waals surface area (Å²) >= 11 is 5.83. The van der Waals surface area contributed by atoms with Crippen LogP contribution in [0.1, 0.15) is 5.76 Å². The van der Waals surface area contributed by atoms with Crippen LogP contribution < -0.4 is 10.6 Å². The molecule has 2 aromatic rings. The molecular formula is C15H13ClN4O4. The Morgan fingerprint density at radius 2 is 2.08 bits per heavy atom. The van der Waals surface area contributed by atoms with E-state index in [4.69, 9.17) is 16.1 Å². The molecule has 124 valence electrons. The van der Waals surface area contributed by atoms with Crippen LogP contribution >= 0.6 is 11.6 Å². The Morgan fingerprint density at radius 3 is 2.75 bits per heavy atom. The van der Waals surface area contributed by atoms with E-state index >= 15 is 0 Å². The minimum atomic E-state index is -0.570. The molecule has 0 radical (unpaired) electrons. The molecule has 2 heterocycles. The number of halogens is 1. The van der Waals surface area contributed by atoms with Gasteiger partial charge in [-0.15, -0.1) is 0 Å². The second-order valence-electron chi connectivity index (χ2n) is 5.17. The Bertz CT molecular complexity index is 787. The number of benzene rings is 1. The summed E-state index contributed by atoms with van der Waals surface area (Å²) in [6, 6.07) is 8.25. The smallest absolute Gasteiger partial charge is 0.325 e. The summed E-state index contributed by atoms with van der Waals surface area (Å²) < 4.78 is 5.16. The molecule has 2 N–H and O–H groups in total. The fourth-order valence-corrected chi connectivity index (χ4v) is 2.30. The molecule has 0 aliphatic carbocycles. The Hall–Kier alpha value is -2.87. The van der Waals surface area contributed by atoms with Crippen molar-refractivity contribution in [3.05, 3.63) is 41.1 Å². The van der Waals surface area contributed by atoms with E-state index in [1.807, 2.05) is 12.1 Å². The first-order valence-corrected chi connectivity index (χ1v) is 7.46. The van der Waals surface area contributed by atoms with Crippen LogP contribution in [0.15, 0.2) is 34.9 Å². The van der Waals surface area contributed by atoms with Crippen LogP contribution in [0.25, 0.3) is 11.3 Å². The Balaban J connectivity index is 1.53. The normalized spacial score (nSPS) is 14.0. The highest BCUT2D eigenvalue weighted by Crippen LogP contribution is 2.21. The summed E-state index contributed by atoms with van der Waals surface area (Å²) in [7, 11) is 0. The van der Waals surface area contributed by atoms with E-state index in [1.54, 1.807) is 18.2 Å². The molecule has 1 aliphatic rings. The van der Waals surface area contributed by atoms with E-state index in [9.17, 15) is 14.4 Å². The summed E-state index contributed by atoms with van der Waals surface area (Å²) in [4.78, 5) is 35.3. The number of carbonyl (C=O) groups is 3. The number of carbonyl (C=O) groups excluding carboxylic acids is 3. The van der Waals surface area contributed by atoms with Crippen molar-refractivity contribution < 1.29 is 18.9 Å². The molecule has 0 atom stereocenters. The third-order valence-corrected chi connectivity index (χ3v) is 3.61. The Morgan fingerprint density at radius 1 is 1.33 bits per heavy atom. The zero-order chi connectivity index (χ0) is 17.1. The second kappa shape index (κ2) is 6.71. The predicted octanol–water partition coefficient (Wildman–Crippen LogP) is 1.16. The maximum absolute atomic E-state index is 11.8. The minimum Gasteiger partial charge on any atom is -0.359 e. The fraction of sp³-hybridized carbons (Fsp3) is 0.200. The number of nitrogens with zero attached hydrogens (tertiary/aromatic N) is 2. The van der Waals surface area contributed by atoms with E-state index in [1.165, 1.54) is 0 Å². The number of hydrogen-bond acceptors (Lipinski definition) is 5. The third-order valence-electron chi connectivity index (χ3n) is 3.36. The van der Waals surface area contributed by atoms with Gasteiger partial charge in [-0.25, -0.2) is 4.79 Å². The zero-order valence-corrected chi connectivity index (χ0v) is 13.2. The molecule has 1 aliphatic heterocycles. The molecule has 0 spiro atoms. The van der Waals surface area contributed by atoms with Crippen LogP contribution in [-0.4, -0.2) is 41.0 Å². The molecule has 9 heteroatoms. The molecule has 0 unspecified atom stereocenters. The maximum atomic E-state index is 11.8. The molecule has 8 nitrogen and oxygen atoms in total. The maximum Gasteiger partial charge on any atom is 0.325 e. The van der Waals surface area contributed by atoms with Gasteiger partial charge < -0.3 is 14.7 Å². The van der Waals surface area contributed by atoms with Gasteiger partial charge in [-0.05, 0) is 12.1 Å². The number of urea groups is 1. The van der Waals surface area contributed by atoms with Crippen LogP contribution in [0, 0.1) is 0 Å². The molecule has 1 aromatic carbocycles. The van der Waals surface area contributed by atoms with Crippen molar-refractivity contribution in [2.75, 3.05) is 13.1 Å². The van der Waals surface area contributed by atoms with Crippen molar-refractivity contribution in [2.24, 2.45) is 0 Å². The van der Waals surface area contributed by atoms with Crippen molar-refractivity contribution in [2.45, 2.75) is 6.54 Å². The van der Waals surface area contributed by atoms with Gasteiger partial charge in [-0.2, -0.15) is 0 Å². The number of amides is 4. The van der Waals surface area contributed by atoms with E-state index in [0.29, 0.717) is 16.5 Å². The van der Waals surface area contributed by atoms with Gasteiger partial charge in [0.15, 0.2) is 5.76 Å². The summed E-state index contributed by atoms with van der Waals surface area (Å²) in [5.74, 6) is -0.352. The van der Waals surface area contributed by atoms with E-state index < -0.39 is 17.8 Å². The van der Waals surface area contributed by atoms with Crippen molar-refractivity contribution in [1.82, 2.24) is 20.7 Å². The second-order valence-corrected chi connectivity index (χ2v) is 5.61. The Kier molecular flexibility index (Phi) is 4.48. The van der Waals surface area contributed by atoms with Crippen molar-refractivity contribution >= 4 is 29.4 Å². The molecule has 1 aromatic heterocycles. The van der Waals surface area contributed by atoms with Crippen LogP contribution in [0.4, 0.5) is 4.79 Å². The van der Waals surface area contributed by atoms with Crippen LogP contribution in [0.2, 0.25) is 5.02 Å². The number of imide groups is 1. The van der Waals surface area contributed by atoms with Gasteiger partial charge in [-0.1, -0.05) is 28.9 Å². The summed E-state index contributed by atoms with van der Waals surface area (Å²) in [6.07, 6.45) is 0. The molecule has 0 saturated carbocycles. The molecule has 1 fully saturated rings. The van der Waals surface area contributed by atoms with Crippen LogP contribution in [0.3, 0.4) is 0 Å². The third kappa shape index (κ3) is 3.72.